The molecule has 1 N–H and O–H groups in total. The first kappa shape index (κ1) is 15.8. The highest BCUT2D eigenvalue weighted by atomic mass is 35.5. The fourth-order valence-corrected chi connectivity index (χ4v) is 2.50. The van der Waals surface area contributed by atoms with Gasteiger partial charge < -0.3 is 9.84 Å². The molecule has 0 bridgehead atoms. The van der Waals surface area contributed by atoms with E-state index in [0.717, 1.165) is 0 Å². The van der Waals surface area contributed by atoms with Crippen molar-refractivity contribution in [2.45, 2.75) is 32.4 Å². The first-order chi connectivity index (χ1) is 9.95. The van der Waals surface area contributed by atoms with Crippen molar-refractivity contribution in [1.82, 2.24) is 9.78 Å². The topological polar surface area (TPSA) is 47.3 Å². The molecule has 0 aliphatic heterocycles. The molecule has 1 unspecified atom stereocenters. The molecule has 0 saturated carbocycles. The van der Waals surface area contributed by atoms with Crippen LogP contribution in [0.5, 0.6) is 5.75 Å². The number of aliphatic hydroxyl groups is 1. The molecule has 1 heterocycles. The van der Waals surface area contributed by atoms with E-state index in [9.17, 15) is 9.50 Å². The van der Waals surface area contributed by atoms with Crippen LogP contribution in [-0.4, -0.2) is 22.0 Å². The summed E-state index contributed by atoms with van der Waals surface area (Å²) in [6.45, 7) is 3.89. The van der Waals surface area contributed by atoms with Crippen molar-refractivity contribution in [1.29, 1.82) is 0 Å². The number of hydrogen-bond acceptors (Lipinski definition) is 3. The Morgan fingerprint density at radius 3 is 2.71 bits per heavy atom. The smallest absolute Gasteiger partial charge is 0.162 e. The van der Waals surface area contributed by atoms with Gasteiger partial charge in [0, 0.05) is 23.0 Å². The van der Waals surface area contributed by atoms with Crippen molar-refractivity contribution in [2.75, 3.05) is 7.11 Å². The summed E-state index contributed by atoms with van der Waals surface area (Å²) >= 11 is 6.01. The zero-order chi connectivity index (χ0) is 15.6. The lowest BCUT2D eigenvalue weighted by atomic mass is 10.0. The van der Waals surface area contributed by atoms with Crippen LogP contribution in [0.4, 0.5) is 4.39 Å². The summed E-state index contributed by atoms with van der Waals surface area (Å²) in [5.41, 5.74) is 0.803. The molecule has 21 heavy (non-hydrogen) atoms. The van der Waals surface area contributed by atoms with E-state index in [1.807, 2.05) is 13.8 Å². The normalized spacial score (nSPS) is 12.7. The van der Waals surface area contributed by atoms with E-state index in [1.165, 1.54) is 19.2 Å². The zero-order valence-electron chi connectivity index (χ0n) is 12.2. The second-order valence-electron chi connectivity index (χ2n) is 5.06. The molecule has 2 aromatic rings. The summed E-state index contributed by atoms with van der Waals surface area (Å²) < 4.78 is 20.7. The molecule has 4 nitrogen and oxygen atoms in total. The lowest BCUT2D eigenvalue weighted by Gasteiger charge is -2.18. The summed E-state index contributed by atoms with van der Waals surface area (Å²) in [6.07, 6.45) is 0.640. The lowest BCUT2D eigenvalue weighted by Crippen LogP contribution is -2.14. The highest BCUT2D eigenvalue weighted by Gasteiger charge is 2.23. The number of benzene rings is 1. The van der Waals surface area contributed by atoms with Gasteiger partial charge >= 0.3 is 0 Å². The van der Waals surface area contributed by atoms with Gasteiger partial charge in [0.15, 0.2) is 5.75 Å². The molecular formula is C15H18ClFN2O2. The minimum Gasteiger partial charge on any atom is -0.493 e. The molecule has 0 saturated heterocycles. The molecule has 0 spiro atoms. The van der Waals surface area contributed by atoms with Crippen molar-refractivity contribution in [2.24, 2.45) is 0 Å². The van der Waals surface area contributed by atoms with Gasteiger partial charge in [-0.15, -0.1) is 0 Å². The van der Waals surface area contributed by atoms with Gasteiger partial charge in [0.2, 0.25) is 0 Å². The third kappa shape index (κ3) is 3.19. The third-order valence-corrected chi connectivity index (χ3v) is 3.64. The Bertz CT molecular complexity index is 608. The van der Waals surface area contributed by atoms with Crippen molar-refractivity contribution < 1.29 is 14.2 Å². The van der Waals surface area contributed by atoms with E-state index in [0.29, 0.717) is 16.5 Å². The molecule has 1 aromatic carbocycles. The Labute approximate surface area is 128 Å². The third-order valence-electron chi connectivity index (χ3n) is 3.28. The van der Waals surface area contributed by atoms with Crippen LogP contribution in [0, 0.1) is 5.82 Å². The van der Waals surface area contributed by atoms with Gasteiger partial charge in [0.25, 0.3) is 0 Å². The Kier molecular flexibility index (Phi) is 4.85. The summed E-state index contributed by atoms with van der Waals surface area (Å²) in [4.78, 5) is 0. The van der Waals surface area contributed by atoms with Crippen molar-refractivity contribution in [3.63, 3.8) is 0 Å². The number of nitrogens with zero attached hydrogens (tertiary/aromatic N) is 2. The number of halogens is 2. The van der Waals surface area contributed by atoms with E-state index in [2.05, 4.69) is 5.10 Å². The Balaban J connectivity index is 2.36. The maximum Gasteiger partial charge on any atom is 0.162 e. The minimum atomic E-state index is -0.959. The monoisotopic (exact) mass is 312 g/mol. The van der Waals surface area contributed by atoms with Gasteiger partial charge in [-0.2, -0.15) is 5.10 Å². The first-order valence-electron chi connectivity index (χ1n) is 6.68. The Morgan fingerprint density at radius 2 is 2.14 bits per heavy atom. The second kappa shape index (κ2) is 6.45. The van der Waals surface area contributed by atoms with Gasteiger partial charge in [-0.3, -0.25) is 4.68 Å². The van der Waals surface area contributed by atoms with Crippen molar-refractivity contribution >= 4 is 11.6 Å². The quantitative estimate of drug-likeness (QED) is 0.918. The molecule has 1 atom stereocenters. The highest BCUT2D eigenvalue weighted by molar-refractivity contribution is 6.31. The number of aromatic nitrogens is 2. The summed E-state index contributed by atoms with van der Waals surface area (Å²) in [6, 6.07) is 4.51. The molecule has 0 amide bonds. The van der Waals surface area contributed by atoms with Crippen LogP contribution in [0.2, 0.25) is 5.02 Å². The van der Waals surface area contributed by atoms with Gasteiger partial charge in [-0.05, 0) is 26.0 Å². The van der Waals surface area contributed by atoms with Gasteiger partial charge in [0.05, 0.1) is 13.3 Å². The van der Waals surface area contributed by atoms with E-state index in [4.69, 9.17) is 16.3 Å². The molecule has 0 aliphatic rings. The second-order valence-corrected chi connectivity index (χ2v) is 5.46. The first-order valence-corrected chi connectivity index (χ1v) is 7.05. The van der Waals surface area contributed by atoms with Crippen LogP contribution in [0.3, 0.4) is 0 Å². The van der Waals surface area contributed by atoms with Crippen molar-refractivity contribution in [3.8, 4) is 5.75 Å². The maximum atomic E-state index is 13.8. The molecular weight excluding hydrogens is 295 g/mol. The van der Waals surface area contributed by atoms with Crippen LogP contribution in [0.15, 0.2) is 24.4 Å². The predicted molar refractivity (Wildman–Crippen MR) is 79.2 cm³/mol. The molecule has 1 aromatic heterocycles. The van der Waals surface area contributed by atoms with Crippen LogP contribution in [0.25, 0.3) is 0 Å². The van der Waals surface area contributed by atoms with Crippen LogP contribution >= 0.6 is 11.6 Å². The molecule has 2 rings (SSSR count). The highest BCUT2D eigenvalue weighted by Crippen LogP contribution is 2.32. The summed E-state index contributed by atoms with van der Waals surface area (Å²) in [5, 5.41) is 15.0. The fourth-order valence-electron chi connectivity index (χ4n) is 2.26. The molecule has 0 fully saturated rings. The zero-order valence-corrected chi connectivity index (χ0v) is 12.9. The largest absolute Gasteiger partial charge is 0.493 e. The lowest BCUT2D eigenvalue weighted by molar-refractivity contribution is 0.159. The van der Waals surface area contributed by atoms with Crippen LogP contribution in [-0.2, 0) is 6.42 Å². The molecule has 0 radical (unpaired) electrons. The van der Waals surface area contributed by atoms with E-state index >= 15 is 0 Å². The van der Waals surface area contributed by atoms with Crippen LogP contribution < -0.4 is 4.74 Å². The van der Waals surface area contributed by atoms with E-state index < -0.39 is 11.9 Å². The average molecular weight is 313 g/mol. The summed E-state index contributed by atoms with van der Waals surface area (Å²) in [5.74, 6) is 0.0415. The molecule has 114 valence electrons. The van der Waals surface area contributed by atoms with E-state index in [1.54, 1.807) is 16.9 Å². The number of rotatable bonds is 5. The average Bonchev–Trinajstić information content (AvgIpc) is 2.87. The van der Waals surface area contributed by atoms with Crippen molar-refractivity contribution in [3.05, 3.63) is 46.5 Å². The number of aliphatic hydroxyl groups excluding tert-OH is 1. The van der Waals surface area contributed by atoms with Gasteiger partial charge in [0.1, 0.15) is 17.6 Å². The molecule has 6 heteroatoms. The van der Waals surface area contributed by atoms with E-state index in [-0.39, 0.29) is 18.0 Å². The fraction of sp³-hybridized carbons (Fsp3) is 0.400. The van der Waals surface area contributed by atoms with Crippen LogP contribution in [0.1, 0.15) is 37.3 Å². The molecule has 0 aliphatic carbocycles. The Morgan fingerprint density at radius 1 is 1.43 bits per heavy atom. The number of methoxy groups -OCH3 is 1. The predicted octanol–water partition coefficient (Wildman–Crippen LogP) is 3.54. The Hall–Kier alpha value is -1.59. The number of ether oxygens (including phenoxy) is 1. The SMILES string of the molecule is COc1cnn(C(C)C)c1C(O)Cc1c(F)cccc1Cl. The van der Waals surface area contributed by atoms with Gasteiger partial charge in [-0.1, -0.05) is 17.7 Å². The summed E-state index contributed by atoms with van der Waals surface area (Å²) in [7, 11) is 1.51. The van der Waals surface area contributed by atoms with Gasteiger partial charge in [-0.25, -0.2) is 4.39 Å². The maximum absolute atomic E-state index is 13.8. The minimum absolute atomic E-state index is 0.0506. The standard InChI is InChI=1S/C15H18ClFN2O2/c1-9(2)19-15(14(21-3)8-18-19)13(20)7-10-11(16)5-4-6-12(10)17/h4-6,8-9,13,20H,7H2,1-3H3. The number of hydrogen-bond donors (Lipinski definition) is 1.